The van der Waals surface area contributed by atoms with Crippen LogP contribution in [0.5, 0.6) is 0 Å². The van der Waals surface area contributed by atoms with Crippen LogP contribution in [0, 0.1) is 0 Å². The van der Waals surface area contributed by atoms with E-state index in [1.54, 1.807) is 6.07 Å². The van der Waals surface area contributed by atoms with Crippen LogP contribution in [-0.2, 0) is 16.0 Å². The number of anilines is 1. The molecule has 0 spiro atoms. The molecule has 1 aromatic rings. The number of hydrogen-bond acceptors (Lipinski definition) is 3. The second kappa shape index (κ2) is 7.53. The van der Waals surface area contributed by atoms with Gasteiger partial charge in [-0.05, 0) is 32.1 Å². The second-order valence-electron chi connectivity index (χ2n) is 4.52. The Balaban J connectivity index is 2.52. The Hall–Kier alpha value is -1.88. The Morgan fingerprint density at radius 2 is 1.84 bits per heavy atom. The number of aryl methyl sites for hydroxylation is 1. The molecule has 2 amide bonds. The Kier molecular flexibility index (Phi) is 6.02. The number of benzene rings is 1. The van der Waals surface area contributed by atoms with Crippen molar-refractivity contribution in [1.29, 1.82) is 0 Å². The van der Waals surface area contributed by atoms with Crippen LogP contribution in [0.4, 0.5) is 5.69 Å². The van der Waals surface area contributed by atoms with Crippen LogP contribution in [0.3, 0.4) is 0 Å². The SMILES string of the molecule is CCc1ccccc1NC(=O)C(=O)NCCN(C)C. The Labute approximate surface area is 114 Å². The number of likely N-dealkylation sites (N-methyl/N-ethyl adjacent to an activating group) is 1. The fourth-order valence-corrected chi connectivity index (χ4v) is 1.60. The monoisotopic (exact) mass is 263 g/mol. The highest BCUT2D eigenvalue weighted by Gasteiger charge is 2.14. The summed E-state index contributed by atoms with van der Waals surface area (Å²) in [5, 5.41) is 5.21. The molecule has 0 unspecified atom stereocenters. The van der Waals surface area contributed by atoms with E-state index in [1.165, 1.54) is 0 Å². The van der Waals surface area contributed by atoms with Crippen molar-refractivity contribution in [3.8, 4) is 0 Å². The predicted molar refractivity (Wildman–Crippen MR) is 76.0 cm³/mol. The molecule has 0 atom stereocenters. The largest absolute Gasteiger partial charge is 0.347 e. The third kappa shape index (κ3) is 5.09. The second-order valence-corrected chi connectivity index (χ2v) is 4.52. The molecule has 0 aliphatic heterocycles. The van der Waals surface area contributed by atoms with Gasteiger partial charge in [0.2, 0.25) is 0 Å². The van der Waals surface area contributed by atoms with E-state index in [-0.39, 0.29) is 0 Å². The third-order valence-electron chi connectivity index (χ3n) is 2.70. The van der Waals surface area contributed by atoms with Crippen LogP contribution in [-0.4, -0.2) is 43.9 Å². The van der Waals surface area contributed by atoms with Crippen molar-refractivity contribution >= 4 is 17.5 Å². The third-order valence-corrected chi connectivity index (χ3v) is 2.70. The molecule has 0 bridgehead atoms. The van der Waals surface area contributed by atoms with Crippen molar-refractivity contribution in [2.24, 2.45) is 0 Å². The van der Waals surface area contributed by atoms with E-state index in [1.807, 2.05) is 44.1 Å². The van der Waals surface area contributed by atoms with E-state index in [0.29, 0.717) is 18.8 Å². The quantitative estimate of drug-likeness (QED) is 0.775. The first-order valence-electron chi connectivity index (χ1n) is 6.36. The zero-order valence-electron chi connectivity index (χ0n) is 11.7. The minimum Gasteiger partial charge on any atom is -0.347 e. The molecule has 19 heavy (non-hydrogen) atoms. The van der Waals surface area contributed by atoms with E-state index in [2.05, 4.69) is 10.6 Å². The molecule has 0 aliphatic carbocycles. The number of carbonyl (C=O) groups is 2. The van der Waals surface area contributed by atoms with Crippen LogP contribution in [0.2, 0.25) is 0 Å². The fourth-order valence-electron chi connectivity index (χ4n) is 1.60. The number of rotatable bonds is 5. The molecule has 0 aliphatic rings. The summed E-state index contributed by atoms with van der Waals surface area (Å²) < 4.78 is 0. The summed E-state index contributed by atoms with van der Waals surface area (Å²) >= 11 is 0. The number of nitrogens with zero attached hydrogens (tertiary/aromatic N) is 1. The molecule has 0 saturated heterocycles. The van der Waals surface area contributed by atoms with Gasteiger partial charge in [0, 0.05) is 18.8 Å². The summed E-state index contributed by atoms with van der Waals surface area (Å²) in [7, 11) is 3.81. The lowest BCUT2D eigenvalue weighted by Crippen LogP contribution is -2.38. The number of amides is 2. The molecule has 0 radical (unpaired) electrons. The fraction of sp³-hybridized carbons (Fsp3) is 0.429. The molecule has 5 nitrogen and oxygen atoms in total. The Morgan fingerprint density at radius 3 is 2.47 bits per heavy atom. The summed E-state index contributed by atoms with van der Waals surface area (Å²) in [5.41, 5.74) is 1.70. The Morgan fingerprint density at radius 1 is 1.16 bits per heavy atom. The molecule has 5 heteroatoms. The van der Waals surface area contributed by atoms with Gasteiger partial charge >= 0.3 is 11.8 Å². The number of para-hydroxylation sites is 1. The van der Waals surface area contributed by atoms with Crippen molar-refractivity contribution in [3.05, 3.63) is 29.8 Å². The number of carbonyl (C=O) groups excluding carboxylic acids is 2. The summed E-state index contributed by atoms with van der Waals surface area (Å²) in [4.78, 5) is 25.2. The molecule has 1 rings (SSSR count). The summed E-state index contributed by atoms with van der Waals surface area (Å²) in [6.07, 6.45) is 0.804. The predicted octanol–water partition coefficient (Wildman–Crippen LogP) is 0.865. The van der Waals surface area contributed by atoms with Gasteiger partial charge < -0.3 is 15.5 Å². The van der Waals surface area contributed by atoms with Crippen molar-refractivity contribution in [2.75, 3.05) is 32.5 Å². The zero-order valence-corrected chi connectivity index (χ0v) is 11.7. The van der Waals surface area contributed by atoms with E-state index in [4.69, 9.17) is 0 Å². The number of nitrogens with one attached hydrogen (secondary N) is 2. The van der Waals surface area contributed by atoms with Gasteiger partial charge in [-0.3, -0.25) is 9.59 Å². The minimum absolute atomic E-state index is 0.453. The summed E-state index contributed by atoms with van der Waals surface area (Å²) in [6.45, 7) is 3.15. The van der Waals surface area contributed by atoms with E-state index in [0.717, 1.165) is 12.0 Å². The van der Waals surface area contributed by atoms with Crippen LogP contribution in [0.25, 0.3) is 0 Å². The molecular weight excluding hydrogens is 242 g/mol. The molecule has 0 aromatic heterocycles. The highest BCUT2D eigenvalue weighted by atomic mass is 16.2. The first kappa shape index (κ1) is 15.2. The van der Waals surface area contributed by atoms with Crippen LogP contribution in [0.15, 0.2) is 24.3 Å². The highest BCUT2D eigenvalue weighted by Crippen LogP contribution is 2.14. The smallest absolute Gasteiger partial charge is 0.313 e. The summed E-state index contributed by atoms with van der Waals surface area (Å²) in [5.74, 6) is -1.23. The van der Waals surface area contributed by atoms with E-state index in [9.17, 15) is 9.59 Å². The maximum Gasteiger partial charge on any atom is 0.313 e. The lowest BCUT2D eigenvalue weighted by molar-refractivity contribution is -0.136. The van der Waals surface area contributed by atoms with Crippen molar-refractivity contribution in [3.63, 3.8) is 0 Å². The van der Waals surface area contributed by atoms with Gasteiger partial charge in [0.1, 0.15) is 0 Å². The van der Waals surface area contributed by atoms with Gasteiger partial charge in [-0.25, -0.2) is 0 Å². The van der Waals surface area contributed by atoms with Crippen molar-refractivity contribution in [2.45, 2.75) is 13.3 Å². The molecular formula is C14H21N3O2. The van der Waals surface area contributed by atoms with Gasteiger partial charge in [0.05, 0.1) is 0 Å². The zero-order chi connectivity index (χ0) is 14.3. The molecule has 0 saturated carbocycles. The van der Waals surface area contributed by atoms with Gasteiger partial charge in [0.15, 0.2) is 0 Å². The highest BCUT2D eigenvalue weighted by molar-refractivity contribution is 6.39. The summed E-state index contributed by atoms with van der Waals surface area (Å²) in [6, 6.07) is 7.47. The normalized spacial score (nSPS) is 10.3. The van der Waals surface area contributed by atoms with E-state index < -0.39 is 11.8 Å². The average molecular weight is 263 g/mol. The molecule has 0 fully saturated rings. The van der Waals surface area contributed by atoms with Crippen LogP contribution >= 0.6 is 0 Å². The molecule has 1 aromatic carbocycles. The maximum atomic E-state index is 11.7. The molecule has 104 valence electrons. The molecule has 0 heterocycles. The van der Waals surface area contributed by atoms with Crippen molar-refractivity contribution < 1.29 is 9.59 Å². The molecule has 2 N–H and O–H groups in total. The maximum absolute atomic E-state index is 11.7. The van der Waals surface area contributed by atoms with Crippen molar-refractivity contribution in [1.82, 2.24) is 10.2 Å². The van der Waals surface area contributed by atoms with Gasteiger partial charge in [-0.2, -0.15) is 0 Å². The first-order valence-corrected chi connectivity index (χ1v) is 6.36. The average Bonchev–Trinajstić information content (AvgIpc) is 2.38. The van der Waals surface area contributed by atoms with Gasteiger partial charge in [-0.15, -0.1) is 0 Å². The lowest BCUT2D eigenvalue weighted by Gasteiger charge is -2.11. The number of hydrogen-bond donors (Lipinski definition) is 2. The van der Waals surface area contributed by atoms with Gasteiger partial charge in [-0.1, -0.05) is 25.1 Å². The van der Waals surface area contributed by atoms with E-state index >= 15 is 0 Å². The van der Waals surface area contributed by atoms with Crippen LogP contribution in [0.1, 0.15) is 12.5 Å². The topological polar surface area (TPSA) is 61.4 Å². The standard InChI is InChI=1S/C14H21N3O2/c1-4-11-7-5-6-8-12(11)16-14(19)13(18)15-9-10-17(2)3/h5-8H,4,9-10H2,1-3H3,(H,15,18)(H,16,19). The Bertz CT molecular complexity index is 444. The van der Waals surface area contributed by atoms with Crippen LogP contribution < -0.4 is 10.6 Å². The van der Waals surface area contributed by atoms with Gasteiger partial charge in [0.25, 0.3) is 0 Å². The lowest BCUT2D eigenvalue weighted by atomic mass is 10.1. The minimum atomic E-state index is -0.625. The first-order chi connectivity index (χ1) is 9.04.